The number of benzene rings is 1. The van der Waals surface area contributed by atoms with Gasteiger partial charge in [0.15, 0.2) is 5.17 Å². The van der Waals surface area contributed by atoms with Crippen LogP contribution in [0.5, 0.6) is 5.75 Å². The molecule has 3 aliphatic rings. The summed E-state index contributed by atoms with van der Waals surface area (Å²) in [6.07, 6.45) is 5.72. The fourth-order valence-electron chi connectivity index (χ4n) is 2.98. The van der Waals surface area contributed by atoms with Crippen LogP contribution < -0.4 is 16.2 Å². The van der Waals surface area contributed by atoms with E-state index in [1.54, 1.807) is 6.21 Å². The van der Waals surface area contributed by atoms with Crippen molar-refractivity contribution in [3.8, 4) is 5.75 Å². The van der Waals surface area contributed by atoms with Crippen LogP contribution in [0.2, 0.25) is 0 Å². The normalized spacial score (nSPS) is 29.2. The van der Waals surface area contributed by atoms with E-state index in [0.717, 1.165) is 16.9 Å². The predicted molar refractivity (Wildman–Crippen MR) is 86.7 cm³/mol. The fraction of sp³-hybridized carbons (Fsp3) is 0.200. The Bertz CT molecular complexity index is 737. The first-order chi connectivity index (χ1) is 10.2. The van der Waals surface area contributed by atoms with Crippen molar-refractivity contribution in [3.05, 3.63) is 46.9 Å². The molecule has 4 rings (SSSR count). The molecular formula is C15H14N4OS. The Morgan fingerprint density at radius 1 is 1.33 bits per heavy atom. The number of aliphatic imine (C=N–C) groups is 2. The quantitative estimate of drug-likeness (QED) is 0.715. The molecule has 3 heterocycles. The Kier molecular flexibility index (Phi) is 2.62. The number of anilines is 1. The van der Waals surface area contributed by atoms with E-state index in [1.165, 1.54) is 11.8 Å². The van der Waals surface area contributed by atoms with Gasteiger partial charge in [-0.05, 0) is 35.8 Å². The molecule has 6 heteroatoms. The van der Waals surface area contributed by atoms with Gasteiger partial charge in [0.05, 0.1) is 6.54 Å². The van der Waals surface area contributed by atoms with Gasteiger partial charge in [-0.15, -0.1) is 0 Å². The first-order valence-electron chi connectivity index (χ1n) is 6.66. The molecule has 0 aliphatic carbocycles. The zero-order valence-corrected chi connectivity index (χ0v) is 12.0. The number of nitrogens with two attached hydrogens (primary N) is 2. The second-order valence-corrected chi connectivity index (χ2v) is 6.06. The summed E-state index contributed by atoms with van der Waals surface area (Å²) < 4.78 is 6.07. The average molecular weight is 298 g/mol. The molecule has 0 saturated heterocycles. The Morgan fingerprint density at radius 3 is 3.10 bits per heavy atom. The largest absolute Gasteiger partial charge is 0.484 e. The fourth-order valence-corrected chi connectivity index (χ4v) is 3.58. The van der Waals surface area contributed by atoms with Crippen LogP contribution in [0.3, 0.4) is 0 Å². The van der Waals surface area contributed by atoms with E-state index >= 15 is 0 Å². The summed E-state index contributed by atoms with van der Waals surface area (Å²) in [5.74, 6) is 0.788. The summed E-state index contributed by atoms with van der Waals surface area (Å²) >= 11 is 1.42. The highest BCUT2D eigenvalue weighted by molar-refractivity contribution is 8.16. The zero-order valence-electron chi connectivity index (χ0n) is 11.2. The monoisotopic (exact) mass is 298 g/mol. The van der Waals surface area contributed by atoms with Crippen LogP contribution in [-0.2, 0) is 5.54 Å². The minimum Gasteiger partial charge on any atom is -0.484 e. The lowest BCUT2D eigenvalue weighted by Gasteiger charge is -2.42. The number of hydrogen-bond donors (Lipinski definition) is 2. The van der Waals surface area contributed by atoms with Gasteiger partial charge in [0, 0.05) is 23.0 Å². The van der Waals surface area contributed by atoms with Gasteiger partial charge in [-0.3, -0.25) is 4.99 Å². The first-order valence-corrected chi connectivity index (χ1v) is 7.54. The number of fused-ring (bicyclic) bond motifs is 4. The van der Waals surface area contributed by atoms with E-state index < -0.39 is 5.54 Å². The minimum absolute atomic E-state index is 0.115. The predicted octanol–water partition coefficient (Wildman–Crippen LogP) is 1.81. The second kappa shape index (κ2) is 4.39. The Morgan fingerprint density at radius 2 is 2.24 bits per heavy atom. The summed E-state index contributed by atoms with van der Waals surface area (Å²) in [4.78, 5) is 9.03. The Labute approximate surface area is 126 Å². The maximum atomic E-state index is 6.07. The van der Waals surface area contributed by atoms with E-state index in [1.807, 2.05) is 29.7 Å². The lowest BCUT2D eigenvalue weighted by molar-refractivity contribution is 0.205. The van der Waals surface area contributed by atoms with Crippen LogP contribution in [0.15, 0.2) is 51.3 Å². The average Bonchev–Trinajstić information content (AvgIpc) is 2.49. The topological polar surface area (TPSA) is 86.0 Å². The molecule has 0 aromatic heterocycles. The Balaban J connectivity index is 2.02. The first kappa shape index (κ1) is 12.5. The molecule has 0 saturated carbocycles. The van der Waals surface area contributed by atoms with Gasteiger partial charge in [-0.25, -0.2) is 4.99 Å². The number of amidine groups is 1. The van der Waals surface area contributed by atoms with Crippen LogP contribution in [0.1, 0.15) is 5.56 Å². The third kappa shape index (κ3) is 1.79. The Hall–Kier alpha value is -2.21. The van der Waals surface area contributed by atoms with E-state index in [9.17, 15) is 0 Å². The van der Waals surface area contributed by atoms with Gasteiger partial charge in [0.1, 0.15) is 17.4 Å². The smallest absolute Gasteiger partial charge is 0.159 e. The molecule has 2 atom stereocenters. The van der Waals surface area contributed by atoms with Gasteiger partial charge in [-0.1, -0.05) is 11.8 Å². The molecule has 0 bridgehead atoms. The van der Waals surface area contributed by atoms with Gasteiger partial charge in [0.2, 0.25) is 0 Å². The summed E-state index contributed by atoms with van der Waals surface area (Å²) in [7, 11) is 0. The van der Waals surface area contributed by atoms with Crippen molar-refractivity contribution in [1.29, 1.82) is 0 Å². The molecule has 3 aliphatic heterocycles. The molecule has 1 aromatic rings. The molecule has 1 spiro atoms. The van der Waals surface area contributed by atoms with Crippen molar-refractivity contribution in [3.63, 3.8) is 0 Å². The highest BCUT2D eigenvalue weighted by atomic mass is 32.2. The molecule has 5 nitrogen and oxygen atoms in total. The van der Waals surface area contributed by atoms with E-state index in [4.69, 9.17) is 21.2 Å². The number of thioether (sulfide) groups is 1. The molecule has 106 valence electrons. The standard InChI is InChI=1S/C15H14N4OS/c16-9-1-2-12-11(7-9)15(4-6-21-14(17)19-15)10-3-5-18-8-13(10)20-12/h1-7,13H,8,16H2,(H2,17,19). The summed E-state index contributed by atoms with van der Waals surface area (Å²) in [5.41, 5.74) is 14.0. The summed E-state index contributed by atoms with van der Waals surface area (Å²) in [6, 6.07) is 5.64. The van der Waals surface area contributed by atoms with E-state index in [-0.39, 0.29) is 6.10 Å². The number of hydrogen-bond acceptors (Lipinski definition) is 6. The number of ether oxygens (including phenoxy) is 1. The highest BCUT2D eigenvalue weighted by Crippen LogP contribution is 2.49. The van der Waals surface area contributed by atoms with Crippen LogP contribution in [0, 0.1) is 0 Å². The van der Waals surface area contributed by atoms with Crippen LogP contribution >= 0.6 is 11.8 Å². The van der Waals surface area contributed by atoms with Gasteiger partial charge >= 0.3 is 0 Å². The third-order valence-electron chi connectivity index (χ3n) is 3.89. The van der Waals surface area contributed by atoms with Crippen molar-refractivity contribution in [2.75, 3.05) is 12.3 Å². The van der Waals surface area contributed by atoms with Crippen LogP contribution in [0.4, 0.5) is 5.69 Å². The van der Waals surface area contributed by atoms with E-state index in [2.05, 4.69) is 11.1 Å². The molecule has 0 amide bonds. The maximum absolute atomic E-state index is 6.07. The number of nitrogens with zero attached hydrogens (tertiary/aromatic N) is 2. The summed E-state index contributed by atoms with van der Waals surface area (Å²) in [6.45, 7) is 0.591. The molecule has 0 fully saturated rings. The van der Waals surface area contributed by atoms with Crippen LogP contribution in [0.25, 0.3) is 0 Å². The number of rotatable bonds is 0. The van der Waals surface area contributed by atoms with Crippen molar-refractivity contribution < 1.29 is 4.74 Å². The van der Waals surface area contributed by atoms with Crippen LogP contribution in [-0.4, -0.2) is 24.0 Å². The number of dihydropyridines is 1. The molecule has 0 radical (unpaired) electrons. The summed E-state index contributed by atoms with van der Waals surface area (Å²) in [5, 5.41) is 2.51. The molecular weight excluding hydrogens is 284 g/mol. The van der Waals surface area contributed by atoms with Gasteiger partial charge in [0.25, 0.3) is 0 Å². The lowest BCUT2D eigenvalue weighted by atomic mass is 9.77. The minimum atomic E-state index is -0.630. The number of nitrogen functional groups attached to an aromatic ring is 1. The van der Waals surface area contributed by atoms with Crippen molar-refractivity contribution in [2.45, 2.75) is 11.6 Å². The van der Waals surface area contributed by atoms with Gasteiger partial charge < -0.3 is 16.2 Å². The molecule has 21 heavy (non-hydrogen) atoms. The maximum Gasteiger partial charge on any atom is 0.159 e. The van der Waals surface area contributed by atoms with Crippen molar-refractivity contribution in [2.24, 2.45) is 15.7 Å². The van der Waals surface area contributed by atoms with Crippen molar-refractivity contribution >= 4 is 28.8 Å². The molecule has 4 N–H and O–H groups in total. The highest BCUT2D eigenvalue weighted by Gasteiger charge is 2.46. The molecule has 1 aromatic carbocycles. The SMILES string of the molecule is NC1=NC2(C=CS1)C1=CC=NCC1Oc1ccc(N)cc12. The van der Waals surface area contributed by atoms with Gasteiger partial charge in [-0.2, -0.15) is 0 Å². The lowest BCUT2D eigenvalue weighted by Crippen LogP contribution is -2.43. The zero-order chi connectivity index (χ0) is 14.4. The third-order valence-corrected chi connectivity index (χ3v) is 4.49. The number of allylic oxidation sites excluding steroid dienone is 1. The molecule has 2 unspecified atom stereocenters. The van der Waals surface area contributed by atoms with Crippen molar-refractivity contribution in [1.82, 2.24) is 0 Å². The second-order valence-electron chi connectivity index (χ2n) is 5.14. The van der Waals surface area contributed by atoms with E-state index in [0.29, 0.717) is 17.4 Å².